The van der Waals surface area contributed by atoms with Gasteiger partial charge in [-0.1, -0.05) is 0 Å². The van der Waals surface area contributed by atoms with Gasteiger partial charge in [0.05, 0.1) is 4.90 Å². The van der Waals surface area contributed by atoms with Gasteiger partial charge in [-0.25, -0.2) is 13.2 Å². The molecule has 13 heavy (non-hydrogen) atoms. The molecule has 0 unspecified atom stereocenters. The Labute approximate surface area is 78.1 Å². The van der Waals surface area contributed by atoms with E-state index in [0.29, 0.717) is 0 Å². The highest BCUT2D eigenvalue weighted by Gasteiger charge is 2.19. The summed E-state index contributed by atoms with van der Waals surface area (Å²) in [5.74, 6) is -3.28. The molecule has 0 atom stereocenters. The van der Waals surface area contributed by atoms with Crippen molar-refractivity contribution in [3.05, 3.63) is 23.0 Å². The van der Waals surface area contributed by atoms with Crippen LogP contribution in [0.3, 0.4) is 0 Å². The maximum atomic E-state index is 13.1. The van der Waals surface area contributed by atoms with Crippen LogP contribution in [0.25, 0.3) is 0 Å². The molecular formula is C8H8F3NS. The van der Waals surface area contributed by atoms with Gasteiger partial charge in [0.15, 0.2) is 17.5 Å². The molecule has 0 spiro atoms. The number of benzene rings is 1. The highest BCUT2D eigenvalue weighted by atomic mass is 32.2. The van der Waals surface area contributed by atoms with Crippen molar-refractivity contribution in [1.82, 2.24) is 0 Å². The Bertz CT molecular complexity index is 323. The molecule has 0 saturated heterocycles. The Kier molecular flexibility index (Phi) is 2.75. The van der Waals surface area contributed by atoms with Gasteiger partial charge >= 0.3 is 0 Å². The third-order valence-corrected chi connectivity index (χ3v) is 2.63. The lowest BCUT2D eigenvalue weighted by atomic mass is 10.2. The first-order valence-corrected chi connectivity index (χ1v) is 4.69. The van der Waals surface area contributed by atoms with E-state index < -0.39 is 23.1 Å². The number of rotatable bonds is 1. The third kappa shape index (κ3) is 1.48. The summed E-state index contributed by atoms with van der Waals surface area (Å²) in [7, 11) is 0. The summed E-state index contributed by atoms with van der Waals surface area (Å²) >= 11 is 0.949. The van der Waals surface area contributed by atoms with Gasteiger partial charge in [0.1, 0.15) is 5.69 Å². The first kappa shape index (κ1) is 10.2. The topological polar surface area (TPSA) is 26.0 Å². The van der Waals surface area contributed by atoms with Crippen molar-refractivity contribution in [1.29, 1.82) is 0 Å². The Morgan fingerprint density at radius 1 is 1.08 bits per heavy atom. The summed E-state index contributed by atoms with van der Waals surface area (Å²) in [5.41, 5.74) is 4.30. The van der Waals surface area contributed by atoms with Gasteiger partial charge in [-0.2, -0.15) is 0 Å². The monoisotopic (exact) mass is 207 g/mol. The van der Waals surface area contributed by atoms with Crippen LogP contribution in [0, 0.1) is 24.4 Å². The normalized spacial score (nSPS) is 10.5. The predicted octanol–water partition coefficient (Wildman–Crippen LogP) is 2.72. The van der Waals surface area contributed by atoms with Gasteiger partial charge in [-0.15, -0.1) is 11.8 Å². The number of thioether (sulfide) groups is 1. The average molecular weight is 207 g/mol. The molecule has 2 N–H and O–H groups in total. The van der Waals surface area contributed by atoms with Crippen molar-refractivity contribution in [3.8, 4) is 0 Å². The highest BCUT2D eigenvalue weighted by molar-refractivity contribution is 7.98. The Morgan fingerprint density at radius 3 is 2.08 bits per heavy atom. The summed E-state index contributed by atoms with van der Waals surface area (Å²) in [6.45, 7) is 1.36. The number of hydrogen-bond acceptors (Lipinski definition) is 2. The smallest absolute Gasteiger partial charge is 0.185 e. The van der Waals surface area contributed by atoms with Gasteiger partial charge < -0.3 is 5.73 Å². The molecule has 0 amide bonds. The van der Waals surface area contributed by atoms with Crippen LogP contribution in [-0.4, -0.2) is 6.26 Å². The zero-order chi connectivity index (χ0) is 10.2. The first-order valence-electron chi connectivity index (χ1n) is 3.47. The van der Waals surface area contributed by atoms with Crippen LogP contribution in [-0.2, 0) is 0 Å². The van der Waals surface area contributed by atoms with E-state index in [2.05, 4.69) is 0 Å². The van der Waals surface area contributed by atoms with Crippen molar-refractivity contribution in [2.75, 3.05) is 12.0 Å². The van der Waals surface area contributed by atoms with Crippen molar-refractivity contribution >= 4 is 17.4 Å². The van der Waals surface area contributed by atoms with Crippen LogP contribution in [0.15, 0.2) is 4.90 Å². The maximum Gasteiger partial charge on any atom is 0.185 e. The van der Waals surface area contributed by atoms with E-state index in [1.54, 1.807) is 6.26 Å². The number of nitrogen functional groups attached to an aromatic ring is 1. The second-order valence-corrected chi connectivity index (χ2v) is 3.33. The van der Waals surface area contributed by atoms with Gasteiger partial charge in [-0.05, 0) is 13.2 Å². The molecule has 0 aliphatic rings. The lowest BCUT2D eigenvalue weighted by Crippen LogP contribution is -2.03. The Balaban J connectivity index is 3.56. The third-order valence-electron chi connectivity index (χ3n) is 1.74. The summed E-state index contributed by atoms with van der Waals surface area (Å²) in [4.78, 5) is -0.0378. The number of hydrogen-bond donors (Lipinski definition) is 1. The minimum Gasteiger partial charge on any atom is -0.394 e. The standard InChI is InChI=1S/C8H8F3NS/c1-3-4(9)7(12)5(10)6(11)8(3)13-2/h12H2,1-2H3. The van der Waals surface area contributed by atoms with E-state index in [4.69, 9.17) is 5.73 Å². The molecule has 0 radical (unpaired) electrons. The molecule has 5 heteroatoms. The molecule has 1 aromatic carbocycles. The average Bonchev–Trinajstić information content (AvgIpc) is 2.13. The van der Waals surface area contributed by atoms with E-state index in [9.17, 15) is 13.2 Å². The van der Waals surface area contributed by atoms with Crippen LogP contribution < -0.4 is 5.73 Å². The predicted molar refractivity (Wildman–Crippen MR) is 47.2 cm³/mol. The number of anilines is 1. The molecule has 0 aromatic heterocycles. The van der Waals surface area contributed by atoms with Crippen molar-refractivity contribution in [3.63, 3.8) is 0 Å². The summed E-state index contributed by atoms with van der Waals surface area (Å²) in [6, 6.07) is 0. The second kappa shape index (κ2) is 3.49. The van der Waals surface area contributed by atoms with Crippen molar-refractivity contribution in [2.24, 2.45) is 0 Å². The van der Waals surface area contributed by atoms with Crippen molar-refractivity contribution < 1.29 is 13.2 Å². The molecule has 1 rings (SSSR count). The molecule has 72 valence electrons. The summed E-state index contributed by atoms with van der Waals surface area (Å²) in [6.07, 6.45) is 1.54. The van der Waals surface area contributed by atoms with E-state index in [1.807, 2.05) is 0 Å². The molecule has 0 heterocycles. The number of nitrogens with two attached hydrogens (primary N) is 1. The highest BCUT2D eigenvalue weighted by Crippen LogP contribution is 2.31. The van der Waals surface area contributed by atoms with E-state index in [1.165, 1.54) is 6.92 Å². The molecular weight excluding hydrogens is 199 g/mol. The van der Waals surface area contributed by atoms with Gasteiger partial charge in [0, 0.05) is 5.56 Å². The molecule has 0 aliphatic heterocycles. The fraction of sp³-hybridized carbons (Fsp3) is 0.250. The quantitative estimate of drug-likeness (QED) is 0.435. The van der Waals surface area contributed by atoms with Crippen LogP contribution in [0.2, 0.25) is 0 Å². The molecule has 1 nitrogen and oxygen atoms in total. The molecule has 0 fully saturated rings. The largest absolute Gasteiger partial charge is 0.394 e. The zero-order valence-corrected chi connectivity index (χ0v) is 7.94. The van der Waals surface area contributed by atoms with Gasteiger partial charge in [0.2, 0.25) is 0 Å². The summed E-state index contributed by atoms with van der Waals surface area (Å²) < 4.78 is 39.0. The SMILES string of the molecule is CSc1c(C)c(F)c(N)c(F)c1F. The maximum absolute atomic E-state index is 13.1. The van der Waals surface area contributed by atoms with Crippen molar-refractivity contribution in [2.45, 2.75) is 11.8 Å². The van der Waals surface area contributed by atoms with Gasteiger partial charge in [-0.3, -0.25) is 0 Å². The summed E-state index contributed by atoms with van der Waals surface area (Å²) in [5, 5.41) is 0. The lowest BCUT2D eigenvalue weighted by molar-refractivity contribution is 0.478. The zero-order valence-electron chi connectivity index (χ0n) is 7.12. The molecule has 1 aromatic rings. The van der Waals surface area contributed by atoms with E-state index in [-0.39, 0.29) is 10.5 Å². The fourth-order valence-corrected chi connectivity index (χ4v) is 1.69. The number of halogens is 3. The Morgan fingerprint density at radius 2 is 1.62 bits per heavy atom. The lowest BCUT2D eigenvalue weighted by Gasteiger charge is -2.08. The van der Waals surface area contributed by atoms with Crippen LogP contribution >= 0.6 is 11.8 Å². The first-order chi connectivity index (χ1) is 6.00. The van der Waals surface area contributed by atoms with E-state index in [0.717, 1.165) is 11.8 Å². The molecule has 0 saturated carbocycles. The Hall–Kier alpha value is -0.840. The molecule has 0 bridgehead atoms. The van der Waals surface area contributed by atoms with Crippen LogP contribution in [0.1, 0.15) is 5.56 Å². The minimum absolute atomic E-state index is 0.0378. The second-order valence-electron chi connectivity index (χ2n) is 2.51. The van der Waals surface area contributed by atoms with E-state index >= 15 is 0 Å². The minimum atomic E-state index is -1.31. The molecule has 0 aliphatic carbocycles. The van der Waals surface area contributed by atoms with Crippen LogP contribution in [0.4, 0.5) is 18.9 Å². The van der Waals surface area contributed by atoms with Crippen LogP contribution in [0.5, 0.6) is 0 Å². The fourth-order valence-electron chi connectivity index (χ4n) is 1.02. The van der Waals surface area contributed by atoms with Gasteiger partial charge in [0.25, 0.3) is 0 Å².